The van der Waals surface area contributed by atoms with Gasteiger partial charge in [0.25, 0.3) is 5.91 Å². The molecular formula is C20H17Cl2N3O2. The highest BCUT2D eigenvalue weighted by Gasteiger charge is 2.18. The maximum absolute atomic E-state index is 13.0. The van der Waals surface area contributed by atoms with Gasteiger partial charge in [0.2, 0.25) is 0 Å². The van der Waals surface area contributed by atoms with E-state index in [1.165, 1.54) is 0 Å². The van der Waals surface area contributed by atoms with Crippen LogP contribution in [0.2, 0.25) is 10.0 Å². The summed E-state index contributed by atoms with van der Waals surface area (Å²) in [6, 6.07) is 14.6. The SMILES string of the molecule is O=C(NN1CCOCC1)c1cc(-c2ccc(Cl)cc2Cl)nc2ccccc12. The standard InChI is InChI=1S/C20H17Cl2N3O2/c21-13-5-6-15(17(22)11-13)19-12-16(14-3-1-2-4-18(14)23-19)20(26)24-25-7-9-27-10-8-25/h1-6,11-12H,7-10H2,(H,24,26). The number of morpholine rings is 1. The molecule has 1 aliphatic heterocycles. The topological polar surface area (TPSA) is 54.5 Å². The first-order chi connectivity index (χ1) is 13.1. The van der Waals surface area contributed by atoms with Gasteiger partial charge in [-0.05, 0) is 30.3 Å². The second-order valence-electron chi connectivity index (χ2n) is 6.24. The number of halogens is 2. The van der Waals surface area contributed by atoms with Crippen LogP contribution >= 0.6 is 23.2 Å². The normalized spacial score (nSPS) is 15.0. The molecule has 7 heteroatoms. The Morgan fingerprint density at radius 1 is 1.07 bits per heavy atom. The summed E-state index contributed by atoms with van der Waals surface area (Å²) in [5, 5.41) is 3.70. The van der Waals surface area contributed by atoms with Crippen molar-refractivity contribution in [2.24, 2.45) is 0 Å². The molecule has 1 N–H and O–H groups in total. The van der Waals surface area contributed by atoms with E-state index < -0.39 is 0 Å². The molecule has 1 fully saturated rings. The van der Waals surface area contributed by atoms with Gasteiger partial charge < -0.3 is 4.74 Å². The van der Waals surface area contributed by atoms with Gasteiger partial charge in [0.1, 0.15) is 0 Å². The van der Waals surface area contributed by atoms with Gasteiger partial charge in [0, 0.05) is 29.1 Å². The van der Waals surface area contributed by atoms with Gasteiger partial charge in [-0.2, -0.15) is 0 Å². The first kappa shape index (κ1) is 18.2. The zero-order valence-electron chi connectivity index (χ0n) is 14.4. The van der Waals surface area contributed by atoms with E-state index in [-0.39, 0.29) is 5.91 Å². The van der Waals surface area contributed by atoms with Crippen molar-refractivity contribution in [2.75, 3.05) is 26.3 Å². The number of aromatic nitrogens is 1. The van der Waals surface area contributed by atoms with Crippen molar-refractivity contribution >= 4 is 40.0 Å². The van der Waals surface area contributed by atoms with Crippen molar-refractivity contribution in [3.8, 4) is 11.3 Å². The van der Waals surface area contributed by atoms with E-state index in [0.29, 0.717) is 47.6 Å². The van der Waals surface area contributed by atoms with Crippen LogP contribution in [0.25, 0.3) is 22.2 Å². The molecule has 5 nitrogen and oxygen atoms in total. The number of carbonyl (C=O) groups excluding carboxylic acids is 1. The summed E-state index contributed by atoms with van der Waals surface area (Å²) >= 11 is 12.4. The van der Waals surface area contributed by atoms with Crippen LogP contribution in [0, 0.1) is 0 Å². The number of nitrogens with one attached hydrogen (secondary N) is 1. The van der Waals surface area contributed by atoms with Crippen LogP contribution < -0.4 is 5.43 Å². The van der Waals surface area contributed by atoms with Crippen molar-refractivity contribution in [1.29, 1.82) is 0 Å². The summed E-state index contributed by atoms with van der Waals surface area (Å²) in [4.78, 5) is 17.7. The minimum absolute atomic E-state index is 0.179. The number of para-hydroxylation sites is 1. The van der Waals surface area contributed by atoms with Crippen molar-refractivity contribution < 1.29 is 9.53 Å². The smallest absolute Gasteiger partial charge is 0.266 e. The van der Waals surface area contributed by atoms with Crippen LogP contribution in [0.15, 0.2) is 48.5 Å². The summed E-state index contributed by atoms with van der Waals surface area (Å²) in [5.74, 6) is -0.179. The molecule has 27 heavy (non-hydrogen) atoms. The Balaban J connectivity index is 1.77. The number of fused-ring (bicyclic) bond motifs is 1. The fraction of sp³-hybridized carbons (Fsp3) is 0.200. The van der Waals surface area contributed by atoms with Gasteiger partial charge in [-0.1, -0.05) is 41.4 Å². The number of ether oxygens (including phenoxy) is 1. The van der Waals surface area contributed by atoms with Gasteiger partial charge in [-0.15, -0.1) is 0 Å². The highest BCUT2D eigenvalue weighted by atomic mass is 35.5. The minimum atomic E-state index is -0.179. The molecule has 2 aromatic carbocycles. The molecule has 3 aromatic rings. The lowest BCUT2D eigenvalue weighted by Crippen LogP contribution is -2.48. The van der Waals surface area contributed by atoms with E-state index in [0.717, 1.165) is 16.5 Å². The van der Waals surface area contributed by atoms with E-state index in [9.17, 15) is 4.79 Å². The number of nitrogens with zero attached hydrogens (tertiary/aromatic N) is 2. The second kappa shape index (κ2) is 7.82. The maximum atomic E-state index is 13.0. The van der Waals surface area contributed by atoms with E-state index >= 15 is 0 Å². The number of pyridine rings is 1. The summed E-state index contributed by atoms with van der Waals surface area (Å²) in [7, 11) is 0. The first-order valence-electron chi connectivity index (χ1n) is 8.61. The highest BCUT2D eigenvalue weighted by molar-refractivity contribution is 6.36. The molecule has 0 radical (unpaired) electrons. The number of carbonyl (C=O) groups is 1. The van der Waals surface area contributed by atoms with Gasteiger partial charge in [-0.25, -0.2) is 9.99 Å². The average Bonchev–Trinajstić information content (AvgIpc) is 2.68. The Morgan fingerprint density at radius 3 is 2.63 bits per heavy atom. The third-order valence-corrected chi connectivity index (χ3v) is 4.99. The average molecular weight is 402 g/mol. The molecule has 0 saturated carbocycles. The monoisotopic (exact) mass is 401 g/mol. The predicted octanol–water partition coefficient (Wildman–Crippen LogP) is 4.19. The van der Waals surface area contributed by atoms with Crippen LogP contribution in [-0.2, 0) is 4.74 Å². The lowest BCUT2D eigenvalue weighted by Gasteiger charge is -2.27. The van der Waals surface area contributed by atoms with Gasteiger partial charge in [-0.3, -0.25) is 10.2 Å². The third kappa shape index (κ3) is 3.92. The largest absolute Gasteiger partial charge is 0.379 e. The number of hydrazine groups is 1. The minimum Gasteiger partial charge on any atom is -0.379 e. The third-order valence-electron chi connectivity index (χ3n) is 4.44. The fourth-order valence-corrected chi connectivity index (χ4v) is 3.58. The Morgan fingerprint density at radius 2 is 1.85 bits per heavy atom. The Bertz CT molecular complexity index is 1000. The molecule has 1 aliphatic rings. The summed E-state index contributed by atoms with van der Waals surface area (Å²) in [5.41, 5.74) is 5.60. The fourth-order valence-electron chi connectivity index (χ4n) is 3.08. The van der Waals surface area contributed by atoms with Crippen LogP contribution in [-0.4, -0.2) is 42.2 Å². The van der Waals surface area contributed by atoms with E-state index in [2.05, 4.69) is 10.4 Å². The van der Waals surface area contributed by atoms with Gasteiger partial charge in [0.15, 0.2) is 0 Å². The van der Waals surface area contributed by atoms with Crippen LogP contribution in [0.5, 0.6) is 0 Å². The molecule has 4 rings (SSSR count). The van der Waals surface area contributed by atoms with Crippen LogP contribution in [0.3, 0.4) is 0 Å². The maximum Gasteiger partial charge on any atom is 0.266 e. The zero-order valence-corrected chi connectivity index (χ0v) is 15.9. The van der Waals surface area contributed by atoms with Crippen molar-refractivity contribution in [3.05, 3.63) is 64.1 Å². The molecule has 1 amide bonds. The lowest BCUT2D eigenvalue weighted by atomic mass is 10.0. The highest BCUT2D eigenvalue weighted by Crippen LogP contribution is 2.31. The van der Waals surface area contributed by atoms with Crippen molar-refractivity contribution in [1.82, 2.24) is 15.4 Å². The molecule has 2 heterocycles. The summed E-state index contributed by atoms with van der Waals surface area (Å²) in [6.07, 6.45) is 0. The first-order valence-corrected chi connectivity index (χ1v) is 9.36. The number of rotatable bonds is 3. The molecule has 0 bridgehead atoms. The molecule has 0 unspecified atom stereocenters. The van der Waals surface area contributed by atoms with Crippen molar-refractivity contribution in [2.45, 2.75) is 0 Å². The van der Waals surface area contributed by atoms with E-state index in [4.69, 9.17) is 27.9 Å². The van der Waals surface area contributed by atoms with Gasteiger partial charge in [0.05, 0.1) is 35.0 Å². The molecule has 1 saturated heterocycles. The Kier molecular flexibility index (Phi) is 5.27. The van der Waals surface area contributed by atoms with E-state index in [1.807, 2.05) is 35.3 Å². The molecule has 1 aromatic heterocycles. The summed E-state index contributed by atoms with van der Waals surface area (Å²) in [6.45, 7) is 2.52. The molecular weight excluding hydrogens is 385 g/mol. The van der Waals surface area contributed by atoms with Crippen molar-refractivity contribution in [3.63, 3.8) is 0 Å². The molecule has 0 spiro atoms. The van der Waals surface area contributed by atoms with Gasteiger partial charge >= 0.3 is 0 Å². The number of amides is 1. The Labute approximate surface area is 166 Å². The predicted molar refractivity (Wildman–Crippen MR) is 107 cm³/mol. The van der Waals surface area contributed by atoms with Crippen LogP contribution in [0.1, 0.15) is 10.4 Å². The second-order valence-corrected chi connectivity index (χ2v) is 7.08. The number of hydrogen-bond acceptors (Lipinski definition) is 4. The zero-order chi connectivity index (χ0) is 18.8. The number of benzene rings is 2. The molecule has 0 aliphatic carbocycles. The number of hydrogen-bond donors (Lipinski definition) is 1. The summed E-state index contributed by atoms with van der Waals surface area (Å²) < 4.78 is 5.33. The Hall–Kier alpha value is -2.18. The lowest BCUT2D eigenvalue weighted by molar-refractivity contribution is 0.0127. The van der Waals surface area contributed by atoms with Crippen LogP contribution in [0.4, 0.5) is 0 Å². The van der Waals surface area contributed by atoms with E-state index in [1.54, 1.807) is 18.2 Å². The molecule has 0 atom stereocenters. The molecule has 138 valence electrons. The quantitative estimate of drug-likeness (QED) is 0.714.